The predicted octanol–water partition coefficient (Wildman–Crippen LogP) is 21.6. The first-order valence-corrected chi connectivity index (χ1v) is 50.4. The van der Waals surface area contributed by atoms with Crippen LogP contribution >= 0.6 is 0 Å². The monoisotopic (exact) mass is 1880 g/mol. The maximum atomic E-state index is 16.2. The van der Waals surface area contributed by atoms with Gasteiger partial charge in [0.1, 0.15) is 89.5 Å². The Morgan fingerprint density at radius 2 is 0.889 bits per heavy atom. The van der Waals surface area contributed by atoms with Gasteiger partial charge in [0, 0.05) is 11.5 Å². The first-order chi connectivity index (χ1) is 63.6. The zero-order chi connectivity index (χ0) is 98.8. The van der Waals surface area contributed by atoms with Crippen LogP contribution in [-0.2, 0) is 79.7 Å². The Balaban J connectivity index is 0.000000211. The zero-order valence-corrected chi connectivity index (χ0v) is 82.7. The van der Waals surface area contributed by atoms with Crippen LogP contribution in [0.4, 0.5) is 19.2 Å². The highest BCUT2D eigenvalue weighted by Crippen LogP contribution is 2.63. The third kappa shape index (κ3) is 22.5. The molecule has 0 unspecified atom stereocenters. The molecule has 7 aromatic carbocycles. The number of benzene rings is 7. The summed E-state index contributed by atoms with van der Waals surface area (Å²) in [5.74, 6) is -7.46. The molecule has 1 fully saturated rings. The van der Waals surface area contributed by atoms with Gasteiger partial charge in [0.2, 0.25) is 17.3 Å². The molecule has 9 aromatic rings. The Morgan fingerprint density at radius 1 is 0.481 bits per heavy atom. The smallest absolute Gasteiger partial charge is 0.507 e. The molecule has 5 aliphatic rings. The number of esters is 1. The van der Waals surface area contributed by atoms with E-state index in [1.165, 1.54) is 18.2 Å². The summed E-state index contributed by atoms with van der Waals surface area (Å²) in [4.78, 5) is 130. The number of nitrogens with zero attached hydrogens (tertiary/aromatic N) is 4. The average Bonchev–Trinajstić information content (AvgIpc) is 1.65. The second-order valence-electron chi connectivity index (χ2n) is 38.8. The number of rotatable bonds is 23. The molecule has 0 saturated heterocycles. The van der Waals surface area contributed by atoms with Crippen molar-refractivity contribution in [3.8, 4) is 29.0 Å². The highest BCUT2D eigenvalue weighted by atomic mass is 28.4. The number of hydrogen-bond donors (Lipinski definition) is 1. The molecular weight excluding hydrogens is 1760 g/mol. The van der Waals surface area contributed by atoms with Crippen LogP contribution < -0.4 is 23.7 Å². The fourth-order valence-electron chi connectivity index (χ4n) is 16.5. The fraction of sp³-hybridized carbons (Fsp3) is 0.394. The molecule has 0 amide bonds. The number of aliphatic hydroxyl groups excluding tert-OH is 1. The van der Waals surface area contributed by atoms with Crippen molar-refractivity contribution in [2.24, 2.45) is 17.8 Å². The lowest BCUT2D eigenvalue weighted by molar-refractivity contribution is -0.158. The molecule has 10 atom stereocenters. The first-order valence-electron chi connectivity index (χ1n) is 44.6. The summed E-state index contributed by atoms with van der Waals surface area (Å²) < 4.78 is 88.8. The van der Waals surface area contributed by atoms with Crippen LogP contribution in [0.1, 0.15) is 196 Å². The van der Waals surface area contributed by atoms with Gasteiger partial charge in [0.05, 0.1) is 29.5 Å². The van der Waals surface area contributed by atoms with Crippen LogP contribution in [0.5, 0.6) is 29.0 Å². The van der Waals surface area contributed by atoms with Gasteiger partial charge in [-0.3, -0.25) is 29.0 Å². The van der Waals surface area contributed by atoms with Crippen molar-refractivity contribution in [2.45, 2.75) is 219 Å². The summed E-state index contributed by atoms with van der Waals surface area (Å²) in [6.07, 6.45) is -3.01. The Labute approximate surface area is 789 Å². The molecule has 1 saturated carbocycles. The van der Waals surface area contributed by atoms with Gasteiger partial charge in [-0.05, 0) is 198 Å². The van der Waals surface area contributed by atoms with E-state index in [4.69, 9.17) is 70.0 Å². The lowest BCUT2D eigenvalue weighted by atomic mass is 9.53. The van der Waals surface area contributed by atoms with Crippen molar-refractivity contribution < 1.29 is 118 Å². The minimum atomic E-state index is -3.21. The van der Waals surface area contributed by atoms with Crippen molar-refractivity contribution in [3.05, 3.63) is 286 Å². The van der Waals surface area contributed by atoms with Gasteiger partial charge in [-0.25, -0.2) is 24.0 Å². The summed E-state index contributed by atoms with van der Waals surface area (Å²) in [6.45, 7) is 39.8. The number of carbonyl (C=O) groups excluding carboxylic acids is 9. The predicted molar refractivity (Wildman–Crippen MR) is 507 cm³/mol. The maximum absolute atomic E-state index is 16.2. The molecule has 0 radical (unpaired) electrons. The summed E-state index contributed by atoms with van der Waals surface area (Å²) in [5.41, 5.74) is -1.75. The number of aromatic nitrogens is 2. The van der Waals surface area contributed by atoms with E-state index in [2.05, 4.69) is 23.5 Å². The molecule has 5 aliphatic carbocycles. The Bertz CT molecular complexity index is 5830. The molecule has 2 heterocycles. The van der Waals surface area contributed by atoms with E-state index in [0.29, 0.717) is 23.3 Å². The summed E-state index contributed by atoms with van der Waals surface area (Å²) in [6, 6.07) is 53.9. The number of Topliss-reactive ketones (excluding diaryl/α,β-unsaturated/α-hetero) is 3. The topological polar surface area (TPSA) is 352 Å². The molecule has 2 aromatic heterocycles. The number of aryl methyl sites for hydroxylation is 1. The van der Waals surface area contributed by atoms with Crippen molar-refractivity contribution in [2.75, 3.05) is 28.2 Å². The molecule has 135 heavy (non-hydrogen) atoms. The Kier molecular flexibility index (Phi) is 31.9. The van der Waals surface area contributed by atoms with E-state index in [0.717, 1.165) is 22.3 Å². The van der Waals surface area contributed by atoms with Crippen LogP contribution in [0.15, 0.2) is 228 Å². The number of ether oxygens (including phenoxy) is 11. The number of para-hydroxylation sites is 1. The lowest BCUT2D eigenvalue weighted by Crippen LogP contribution is -2.72. The minimum absolute atomic E-state index is 0.00424. The van der Waals surface area contributed by atoms with E-state index < -0.39 is 152 Å². The number of aliphatic hydroxyl groups is 1. The first kappa shape index (κ1) is 103. The minimum Gasteiger partial charge on any atom is -0.507 e. The molecule has 716 valence electrons. The van der Waals surface area contributed by atoms with Gasteiger partial charge < -0.3 is 75.1 Å². The number of ketones is 4. The van der Waals surface area contributed by atoms with Gasteiger partial charge in [-0.1, -0.05) is 219 Å². The van der Waals surface area contributed by atoms with E-state index >= 15 is 9.59 Å². The van der Waals surface area contributed by atoms with E-state index in [9.17, 15) is 38.7 Å². The molecular formula is C104H122N4O25Si2. The molecule has 0 spiro atoms. The van der Waals surface area contributed by atoms with Crippen molar-refractivity contribution in [3.63, 3.8) is 0 Å². The zero-order valence-electron chi connectivity index (χ0n) is 80.7. The van der Waals surface area contributed by atoms with Crippen LogP contribution in [0.2, 0.25) is 36.3 Å². The summed E-state index contributed by atoms with van der Waals surface area (Å²) in [7, 11) is 1.05. The molecule has 29 nitrogen and oxygen atoms in total. The summed E-state index contributed by atoms with van der Waals surface area (Å²) >= 11 is 0. The normalized spacial score (nSPS) is 20.6. The van der Waals surface area contributed by atoms with Crippen molar-refractivity contribution in [1.82, 2.24) is 20.1 Å². The molecule has 0 bridgehead atoms. The average molecular weight is 1880 g/mol. The molecule has 31 heteroatoms. The van der Waals surface area contributed by atoms with E-state index in [1.807, 2.05) is 202 Å². The fourth-order valence-corrected chi connectivity index (χ4v) is 19.4. The maximum Gasteiger partial charge on any atom is 0.514 e. The lowest BCUT2D eigenvalue weighted by Gasteiger charge is -2.57. The molecule has 1 N–H and O–H groups in total. The third-order valence-electron chi connectivity index (χ3n) is 24.7. The van der Waals surface area contributed by atoms with E-state index in [1.54, 1.807) is 141 Å². The third-order valence-corrected chi connectivity index (χ3v) is 33.6. The number of hydrogen-bond acceptors (Lipinski definition) is 29. The van der Waals surface area contributed by atoms with Crippen LogP contribution in [0.3, 0.4) is 0 Å². The highest BCUT2D eigenvalue weighted by Gasteiger charge is 2.74. The Hall–Kier alpha value is -12.9. The highest BCUT2D eigenvalue weighted by molar-refractivity contribution is 6.75. The van der Waals surface area contributed by atoms with Crippen molar-refractivity contribution in [1.29, 1.82) is 0 Å². The van der Waals surface area contributed by atoms with Crippen LogP contribution in [0.25, 0.3) is 5.76 Å². The van der Waals surface area contributed by atoms with Gasteiger partial charge in [0.25, 0.3) is 11.8 Å². The van der Waals surface area contributed by atoms with Gasteiger partial charge >= 0.3 is 30.6 Å². The summed E-state index contributed by atoms with van der Waals surface area (Å²) in [5, 5.41) is 20.1. The van der Waals surface area contributed by atoms with Crippen LogP contribution in [0, 0.1) is 17.8 Å². The second kappa shape index (κ2) is 41.9. The number of fused-ring (bicyclic) bond motifs is 6. The van der Waals surface area contributed by atoms with E-state index in [-0.39, 0.29) is 94.1 Å². The molecule has 0 aliphatic heterocycles. The molecule has 14 rings (SSSR count). The van der Waals surface area contributed by atoms with Gasteiger partial charge in [-0.15, -0.1) is 13.2 Å². The van der Waals surface area contributed by atoms with Gasteiger partial charge in [-0.2, -0.15) is 0 Å². The standard InChI is InChI=1S/C48H56N2O12Si.C34H40N2O8Si.C20H22O5.C2H4/c1-27-30-23-18-24-31(58-45(55)60-46(2,3)4)33(30)38(51)34-32(27)39(59-44(54)57-26-29-21-16-13-17-22-29)36-37(50(8)9)40-35(43(49-61-40)56-25-28-19-14-12-15-20-28)42(53)48(36,41(34)52)62-63(10,11)47(5,6)7;1-33(2,3)45(6,7)44-34-25(37)19-18-24(42-32(39)41-21-23-16-12-9-13-17-23)27(34)28(36(4)5)29-26(30(34)38)31(35-43-29)40-20-22-14-10-8-11-15-22;1-5-14-10-9-13-16(24-19(22)25-20(2,3)4)17(14)18(21)23-15-11-7-6-8-12-15;1-2/h12-24,27,32,36-37,39,51H,25-26H2,1-11H3;8-19,24,27-28H,20-21H2,1-7H3;6-13H,5H2,1-4H3;1-2H2/t27-,32+,36+,37-,39-,48-;24-,27-,28-,34+;;/m00../s1. The Morgan fingerprint density at radius 3 is 1.33 bits per heavy atom. The SMILES string of the molecule is C=C.CCc1cccc(OC(=O)OC(C)(C)C)c1C(=O)Oc1ccccc1.CN(C)[C@@H]1c2onc(OCc3ccccc3)c2C(=O)[C@@]2(O[Si](C)(C)C(C)(C)C)C(=O)C=C[C@H](OC(=O)OCc3ccccc3)[C@@H]12.C[C@H]1c2cccc(OC(=O)OC(C)(C)C)c2C(O)=C2C(=O)[C@]3(O[Si](C)(C)C(C)(C)C)C(=O)c4c(OCc5ccccc5)noc4[C@@H](N(C)C)[C@@H]3[C@@H](OC(=O)OCc3ccccc3)[C@@H]21. The van der Waals surface area contributed by atoms with Crippen LogP contribution in [-0.4, -0.2) is 158 Å². The van der Waals surface area contributed by atoms with Gasteiger partial charge in [0.15, 0.2) is 45.1 Å². The second-order valence-corrected chi connectivity index (χ2v) is 48.2. The quantitative estimate of drug-likeness (QED) is 0.0118. The largest absolute Gasteiger partial charge is 0.514 e. The van der Waals surface area contributed by atoms with Crippen molar-refractivity contribution >= 4 is 76.1 Å². The number of carbonyl (C=O) groups is 9.